The summed E-state index contributed by atoms with van der Waals surface area (Å²) in [6.45, 7) is 13.5. The summed E-state index contributed by atoms with van der Waals surface area (Å²) in [6.07, 6.45) is 3.17. The van der Waals surface area contributed by atoms with E-state index >= 15 is 0 Å². The van der Waals surface area contributed by atoms with Crippen molar-refractivity contribution >= 4 is 32.8 Å². The molecule has 0 aromatic heterocycles. The summed E-state index contributed by atoms with van der Waals surface area (Å²) in [7, 11) is -4.83. The molecule has 1 N–H and O–H groups in total. The highest BCUT2D eigenvalue weighted by molar-refractivity contribution is 7.86. The second kappa shape index (κ2) is 16.2. The molecule has 0 saturated heterocycles. The van der Waals surface area contributed by atoms with Crippen LogP contribution in [0, 0.1) is 0 Å². The second-order valence-electron chi connectivity index (χ2n) is 8.02. The van der Waals surface area contributed by atoms with Crippen LogP contribution >= 0.6 is 0 Å². The Labute approximate surface area is 233 Å². The van der Waals surface area contributed by atoms with Crippen molar-refractivity contribution in [3.63, 3.8) is 0 Å². The van der Waals surface area contributed by atoms with Crippen LogP contribution in [0.5, 0.6) is 11.5 Å². The number of hydrogen-bond donors (Lipinski definition) is 1. The lowest BCUT2D eigenvalue weighted by Crippen LogP contribution is -2.30. The molecule has 0 heterocycles. The van der Waals surface area contributed by atoms with E-state index in [1.807, 2.05) is 0 Å². The lowest BCUT2D eigenvalue weighted by molar-refractivity contribution is -0.148. The molecule has 0 aliphatic carbocycles. The molecule has 0 aliphatic rings. The Morgan fingerprint density at radius 1 is 0.800 bits per heavy atom. The molecule has 2 aromatic carbocycles. The smallest absolute Gasteiger partial charge is 0.330 e. The van der Waals surface area contributed by atoms with E-state index < -0.39 is 39.2 Å². The fraction of sp³-hybridized carbons (Fsp3) is 0.286. The van der Waals surface area contributed by atoms with Gasteiger partial charge >= 0.3 is 11.9 Å². The molecule has 2 aromatic rings. The van der Waals surface area contributed by atoms with Crippen LogP contribution in [0.3, 0.4) is 0 Å². The second-order valence-corrected chi connectivity index (χ2v) is 9.41. The Morgan fingerprint density at radius 2 is 1.30 bits per heavy atom. The predicted octanol–water partition coefficient (Wildman–Crippen LogP) is 3.44. The summed E-state index contributed by atoms with van der Waals surface area (Å²) in [5.74, 6) is -1.57. The molecule has 0 amide bonds. The van der Waals surface area contributed by atoms with Gasteiger partial charge in [-0.1, -0.05) is 49.6 Å². The quantitative estimate of drug-likeness (QED) is 0.0863. The Bertz CT molecular complexity index is 1320. The van der Waals surface area contributed by atoms with Crippen LogP contribution in [0.25, 0.3) is 10.8 Å². The Hall–Kier alpha value is -3.97. The maximum Gasteiger partial charge on any atom is 0.330 e. The Kier molecular flexibility index (Phi) is 13.1. The van der Waals surface area contributed by atoms with Gasteiger partial charge in [-0.2, -0.15) is 8.42 Å². The van der Waals surface area contributed by atoms with Gasteiger partial charge in [-0.15, -0.1) is 13.2 Å². The molecule has 0 aliphatic heterocycles. The number of hydrogen-bond acceptors (Lipinski definition) is 10. The van der Waals surface area contributed by atoms with Gasteiger partial charge in [0.05, 0.1) is 26.4 Å². The summed E-state index contributed by atoms with van der Waals surface area (Å²) in [5.41, 5.74) is 0. The first-order valence-corrected chi connectivity index (χ1v) is 13.4. The Balaban J connectivity index is 2.43. The van der Waals surface area contributed by atoms with E-state index in [9.17, 15) is 22.6 Å². The van der Waals surface area contributed by atoms with Crippen molar-refractivity contribution in [1.29, 1.82) is 0 Å². The maximum atomic E-state index is 12.4. The van der Waals surface area contributed by atoms with Crippen LogP contribution in [0.4, 0.5) is 0 Å². The van der Waals surface area contributed by atoms with Crippen molar-refractivity contribution in [2.45, 2.75) is 17.1 Å². The number of rotatable bonds is 19. The largest absolute Gasteiger partial charge is 0.489 e. The molecule has 0 spiro atoms. The normalized spacial score (nSPS) is 12.5. The van der Waals surface area contributed by atoms with Gasteiger partial charge in [-0.05, 0) is 0 Å². The lowest BCUT2D eigenvalue weighted by atomic mass is 10.1. The number of fused-ring (bicyclic) bond motifs is 1. The minimum atomic E-state index is -4.83. The minimum absolute atomic E-state index is 0.0331. The molecular weight excluding hydrogens is 544 g/mol. The van der Waals surface area contributed by atoms with Crippen LogP contribution < -0.4 is 9.47 Å². The fourth-order valence-electron chi connectivity index (χ4n) is 3.33. The number of benzene rings is 2. The molecule has 216 valence electrons. The maximum absolute atomic E-state index is 12.4. The molecule has 2 atom stereocenters. The average molecular weight is 577 g/mol. The lowest BCUT2D eigenvalue weighted by Gasteiger charge is -2.21. The molecule has 2 rings (SSSR count). The van der Waals surface area contributed by atoms with Gasteiger partial charge in [0.15, 0.2) is 12.2 Å². The van der Waals surface area contributed by atoms with E-state index in [0.717, 1.165) is 18.2 Å². The molecule has 11 nitrogen and oxygen atoms in total. The minimum Gasteiger partial charge on any atom is -0.489 e. The standard InChI is InChI=1S/C28H32O11S/c1-5-13-34-16-20(38-26(29)7-3)18-36-24-15-25(40(31,32)33)28(23-12-10-9-11-22(23)24)37-19-21(17-35-14-6-2)39-27(30)8-4/h5-12,15,20-21H,1-4,13-14,16-19H2,(H,31,32,33). The molecule has 0 fully saturated rings. The van der Waals surface area contributed by atoms with E-state index in [1.54, 1.807) is 24.3 Å². The van der Waals surface area contributed by atoms with Crippen molar-refractivity contribution in [2.24, 2.45) is 0 Å². The van der Waals surface area contributed by atoms with Crippen molar-refractivity contribution < 1.29 is 51.0 Å². The summed E-state index contributed by atoms with van der Waals surface area (Å²) in [4.78, 5) is 22.9. The van der Waals surface area contributed by atoms with Crippen LogP contribution in [0.15, 0.2) is 85.8 Å². The Morgan fingerprint density at radius 3 is 1.77 bits per heavy atom. The summed E-state index contributed by atoms with van der Waals surface area (Å²) >= 11 is 0. The third kappa shape index (κ3) is 9.97. The highest BCUT2D eigenvalue weighted by Crippen LogP contribution is 2.39. The van der Waals surface area contributed by atoms with Crippen LogP contribution in [0.2, 0.25) is 0 Å². The molecular formula is C28H32O11S. The van der Waals surface area contributed by atoms with Crippen molar-refractivity contribution in [3.05, 3.63) is 81.0 Å². The molecule has 0 saturated carbocycles. The van der Waals surface area contributed by atoms with Gasteiger partial charge in [0, 0.05) is 29.0 Å². The zero-order chi connectivity index (χ0) is 29.5. The SMILES string of the molecule is C=CCOCC(COc1cc(S(=O)(=O)O)c(OCC(COCC=C)OC(=O)C=C)c2ccccc12)OC(=O)C=C. The average Bonchev–Trinajstić information content (AvgIpc) is 2.93. The van der Waals surface area contributed by atoms with Gasteiger partial charge in [0.25, 0.3) is 10.1 Å². The number of ether oxygens (including phenoxy) is 6. The highest BCUT2D eigenvalue weighted by Gasteiger charge is 2.25. The molecule has 12 heteroatoms. The monoisotopic (exact) mass is 576 g/mol. The first-order chi connectivity index (χ1) is 19.1. The van der Waals surface area contributed by atoms with E-state index in [1.165, 1.54) is 12.2 Å². The molecule has 40 heavy (non-hydrogen) atoms. The number of carbonyl (C=O) groups excluding carboxylic acids is 2. The van der Waals surface area contributed by atoms with E-state index in [4.69, 9.17) is 28.4 Å². The highest BCUT2D eigenvalue weighted by atomic mass is 32.2. The molecule has 2 unspecified atom stereocenters. The van der Waals surface area contributed by atoms with Crippen LogP contribution in [-0.2, 0) is 38.7 Å². The van der Waals surface area contributed by atoms with Gasteiger partial charge in [0.2, 0.25) is 0 Å². The van der Waals surface area contributed by atoms with Gasteiger partial charge in [-0.25, -0.2) is 9.59 Å². The fourth-order valence-corrected chi connectivity index (χ4v) is 3.99. The summed E-state index contributed by atoms with van der Waals surface area (Å²) in [5, 5.41) is 0.698. The predicted molar refractivity (Wildman–Crippen MR) is 147 cm³/mol. The summed E-state index contributed by atoms with van der Waals surface area (Å²) < 4.78 is 67.7. The van der Waals surface area contributed by atoms with Crippen LogP contribution in [-0.4, -0.2) is 76.8 Å². The van der Waals surface area contributed by atoms with E-state index in [2.05, 4.69) is 26.3 Å². The molecule has 0 radical (unpaired) electrons. The van der Waals surface area contributed by atoms with Crippen LogP contribution in [0.1, 0.15) is 0 Å². The first-order valence-electron chi connectivity index (χ1n) is 12.0. The third-order valence-corrected chi connectivity index (χ3v) is 5.88. The zero-order valence-electron chi connectivity index (χ0n) is 21.9. The van der Waals surface area contributed by atoms with Crippen molar-refractivity contribution in [2.75, 3.05) is 39.6 Å². The van der Waals surface area contributed by atoms with Crippen molar-refractivity contribution in [1.82, 2.24) is 0 Å². The molecule has 0 bridgehead atoms. The number of esters is 2. The van der Waals surface area contributed by atoms with Gasteiger partial charge in [-0.3, -0.25) is 4.55 Å². The first kappa shape index (κ1) is 32.2. The third-order valence-electron chi connectivity index (χ3n) is 5.02. The topological polar surface area (TPSA) is 144 Å². The summed E-state index contributed by atoms with van der Waals surface area (Å²) in [6, 6.07) is 7.61. The number of carbonyl (C=O) groups is 2. The van der Waals surface area contributed by atoms with Gasteiger partial charge in [0.1, 0.15) is 29.6 Å². The van der Waals surface area contributed by atoms with E-state index in [0.29, 0.717) is 5.39 Å². The zero-order valence-corrected chi connectivity index (χ0v) is 22.7. The van der Waals surface area contributed by atoms with Gasteiger partial charge < -0.3 is 28.4 Å². The van der Waals surface area contributed by atoms with E-state index in [-0.39, 0.29) is 56.5 Å². The van der Waals surface area contributed by atoms with Crippen molar-refractivity contribution in [3.8, 4) is 11.5 Å².